The molecule has 12 nitrogen and oxygen atoms in total. The summed E-state index contributed by atoms with van der Waals surface area (Å²) in [4.78, 5) is 58.8. The third-order valence-electron chi connectivity index (χ3n) is 9.02. The minimum atomic E-state index is -0.754. The molecule has 1 aliphatic heterocycles. The fourth-order valence-electron chi connectivity index (χ4n) is 6.42. The third-order valence-corrected chi connectivity index (χ3v) is 9.02. The van der Waals surface area contributed by atoms with Crippen LogP contribution in [-0.4, -0.2) is 53.7 Å². The maximum Gasteiger partial charge on any atom is 0.337 e. The van der Waals surface area contributed by atoms with E-state index in [1.54, 1.807) is 48.9 Å². The lowest BCUT2D eigenvalue weighted by atomic mass is 9.86. The summed E-state index contributed by atoms with van der Waals surface area (Å²) in [5.74, 6) is 0.372. The number of hydrogen-bond acceptors (Lipinski definition) is 7. The average Bonchev–Trinajstić information content (AvgIpc) is 3.37. The largest absolute Gasteiger partial charge is 0.382 e. The Kier molecular flexibility index (Phi) is 8.74. The van der Waals surface area contributed by atoms with E-state index in [9.17, 15) is 19.2 Å². The second kappa shape index (κ2) is 12.9. The van der Waals surface area contributed by atoms with Gasteiger partial charge in [0.05, 0.1) is 10.9 Å². The molecule has 0 radical (unpaired) electrons. The van der Waals surface area contributed by atoms with Gasteiger partial charge in [0.2, 0.25) is 5.91 Å². The zero-order valence-electron chi connectivity index (χ0n) is 27.8. The molecule has 1 saturated heterocycles. The highest BCUT2D eigenvalue weighted by Gasteiger charge is 2.27. The van der Waals surface area contributed by atoms with E-state index in [4.69, 9.17) is 5.73 Å². The number of anilines is 2. The first-order valence-corrected chi connectivity index (χ1v) is 16.2. The molecule has 1 fully saturated rings. The molecule has 0 spiro atoms. The number of likely N-dealkylation sites (tertiary alicyclic amines) is 1. The molecule has 0 bridgehead atoms. The fourth-order valence-corrected chi connectivity index (χ4v) is 6.42. The molecule has 3 aromatic heterocycles. The Morgan fingerprint density at radius 3 is 2.31 bits per heavy atom. The van der Waals surface area contributed by atoms with Crippen LogP contribution in [-0.2, 0) is 11.8 Å². The molecular formula is C36H40N8O4. The van der Waals surface area contributed by atoms with Gasteiger partial charge in [0.1, 0.15) is 11.4 Å². The van der Waals surface area contributed by atoms with Crippen molar-refractivity contribution in [2.24, 2.45) is 13.0 Å². The Bertz CT molecular complexity index is 2120. The maximum atomic E-state index is 13.5. The first kappa shape index (κ1) is 32.4. The van der Waals surface area contributed by atoms with Crippen molar-refractivity contribution in [1.29, 1.82) is 0 Å². The predicted octanol–water partition coefficient (Wildman–Crippen LogP) is 4.73. The van der Waals surface area contributed by atoms with Crippen molar-refractivity contribution in [2.45, 2.75) is 52.5 Å². The van der Waals surface area contributed by atoms with E-state index in [-0.39, 0.29) is 35.2 Å². The number of nitrogens with one attached hydrogen (secondary N) is 1. The first-order valence-electron chi connectivity index (χ1n) is 16.2. The number of rotatable bonds is 7. The highest BCUT2D eigenvalue weighted by Crippen LogP contribution is 2.38. The number of benzene rings is 2. The molecule has 0 unspecified atom stereocenters. The zero-order valence-corrected chi connectivity index (χ0v) is 27.8. The first-order chi connectivity index (χ1) is 22.9. The molecule has 5 aromatic rings. The van der Waals surface area contributed by atoms with E-state index in [0.29, 0.717) is 11.5 Å². The number of nitrogens with zero attached hydrogens (tertiary/aromatic N) is 6. The molecule has 0 atom stereocenters. The van der Waals surface area contributed by atoms with E-state index in [0.717, 1.165) is 52.5 Å². The summed E-state index contributed by atoms with van der Waals surface area (Å²) in [5.41, 5.74) is 9.26. The number of fused-ring (bicyclic) bond motifs is 1. The average molecular weight is 649 g/mol. The van der Waals surface area contributed by atoms with Crippen LogP contribution in [0.1, 0.15) is 68.4 Å². The standard InChI is InChI=1S/C36H40N8O4/c1-21(2)34(46)42-16-13-23(14-17-42)25-18-27(31-29(19-25)41(5)40-32(31)37)24-9-11-26(12-10-24)39-33(45)28-20-43(22(3)4)36(48)44(35(28)47)30-8-6-7-15-38-30/h6-12,15,18-23H,13-14,16-17H2,1-5H3,(H2,37,40)(H,39,45). The van der Waals surface area contributed by atoms with Crippen molar-refractivity contribution in [2.75, 3.05) is 24.1 Å². The lowest BCUT2D eigenvalue weighted by Crippen LogP contribution is -2.43. The van der Waals surface area contributed by atoms with E-state index in [1.165, 1.54) is 22.5 Å². The predicted molar refractivity (Wildman–Crippen MR) is 186 cm³/mol. The molecule has 6 rings (SSSR count). The van der Waals surface area contributed by atoms with E-state index in [2.05, 4.69) is 27.5 Å². The number of piperidine rings is 1. The molecule has 248 valence electrons. The highest BCUT2D eigenvalue weighted by atomic mass is 16.2. The zero-order chi connectivity index (χ0) is 34.3. The summed E-state index contributed by atoms with van der Waals surface area (Å²) in [7, 11) is 1.87. The number of pyridine rings is 1. The number of aromatic nitrogens is 5. The van der Waals surface area contributed by atoms with E-state index >= 15 is 0 Å². The Balaban J connectivity index is 1.30. The van der Waals surface area contributed by atoms with Gasteiger partial charge in [-0.2, -0.15) is 5.10 Å². The van der Waals surface area contributed by atoms with Crippen LogP contribution in [0.4, 0.5) is 11.5 Å². The Morgan fingerprint density at radius 2 is 1.69 bits per heavy atom. The number of nitrogens with two attached hydrogens (primary N) is 1. The summed E-state index contributed by atoms with van der Waals surface area (Å²) in [6.45, 7) is 8.91. The monoisotopic (exact) mass is 648 g/mol. The lowest BCUT2D eigenvalue weighted by molar-refractivity contribution is -0.135. The van der Waals surface area contributed by atoms with Crippen LogP contribution in [0.15, 0.2) is 76.6 Å². The molecule has 2 aromatic carbocycles. The Morgan fingerprint density at radius 1 is 0.979 bits per heavy atom. The number of carbonyl (C=O) groups is 2. The number of carbonyl (C=O) groups excluding carboxylic acids is 2. The Labute approximate surface area is 277 Å². The van der Waals surface area contributed by atoms with Crippen LogP contribution < -0.4 is 22.3 Å². The molecular weight excluding hydrogens is 608 g/mol. The van der Waals surface area contributed by atoms with E-state index < -0.39 is 17.2 Å². The van der Waals surface area contributed by atoms with Crippen LogP contribution in [0.2, 0.25) is 0 Å². The molecule has 48 heavy (non-hydrogen) atoms. The molecule has 3 N–H and O–H groups in total. The number of amides is 2. The van der Waals surface area contributed by atoms with Crippen molar-refractivity contribution in [3.05, 3.63) is 99.0 Å². The fraction of sp³-hybridized carbons (Fsp3) is 0.333. The van der Waals surface area contributed by atoms with Crippen LogP contribution in [0.5, 0.6) is 0 Å². The lowest BCUT2D eigenvalue weighted by Gasteiger charge is -2.33. The molecule has 1 aliphatic rings. The molecule has 2 amide bonds. The van der Waals surface area contributed by atoms with Gasteiger partial charge in [-0.3, -0.25) is 23.6 Å². The van der Waals surface area contributed by atoms with Gasteiger partial charge in [-0.25, -0.2) is 14.3 Å². The van der Waals surface area contributed by atoms with Gasteiger partial charge in [0, 0.05) is 50.2 Å². The molecule has 0 saturated carbocycles. The smallest absolute Gasteiger partial charge is 0.337 e. The van der Waals surface area contributed by atoms with Gasteiger partial charge in [0.15, 0.2) is 5.82 Å². The summed E-state index contributed by atoms with van der Waals surface area (Å²) in [6.07, 6.45) is 4.52. The molecule has 0 aliphatic carbocycles. The van der Waals surface area contributed by atoms with Crippen LogP contribution in [0.25, 0.3) is 27.8 Å². The second-order valence-corrected chi connectivity index (χ2v) is 12.9. The quantitative estimate of drug-likeness (QED) is 0.259. The summed E-state index contributed by atoms with van der Waals surface area (Å²) in [6, 6.07) is 16.2. The van der Waals surface area contributed by atoms with Crippen molar-refractivity contribution in [3.8, 4) is 16.9 Å². The van der Waals surface area contributed by atoms with Gasteiger partial charge in [0.25, 0.3) is 11.5 Å². The van der Waals surface area contributed by atoms with Crippen molar-refractivity contribution < 1.29 is 9.59 Å². The van der Waals surface area contributed by atoms with E-state index in [1.807, 2.05) is 37.9 Å². The van der Waals surface area contributed by atoms with Crippen molar-refractivity contribution >= 4 is 34.2 Å². The van der Waals surface area contributed by atoms with Gasteiger partial charge in [-0.05, 0) is 85.7 Å². The van der Waals surface area contributed by atoms with Gasteiger partial charge in [-0.15, -0.1) is 0 Å². The maximum absolute atomic E-state index is 13.5. The Hall–Kier alpha value is -5.52. The second-order valence-electron chi connectivity index (χ2n) is 12.9. The normalized spacial score (nSPS) is 13.9. The highest BCUT2D eigenvalue weighted by molar-refractivity contribution is 6.05. The van der Waals surface area contributed by atoms with Gasteiger partial charge in [-0.1, -0.05) is 32.0 Å². The summed E-state index contributed by atoms with van der Waals surface area (Å²) in [5, 5.41) is 8.16. The minimum Gasteiger partial charge on any atom is -0.382 e. The summed E-state index contributed by atoms with van der Waals surface area (Å²) >= 11 is 0. The number of hydrogen-bond donors (Lipinski definition) is 2. The number of aryl methyl sites for hydroxylation is 1. The number of nitrogen functional groups attached to an aromatic ring is 1. The van der Waals surface area contributed by atoms with Gasteiger partial charge < -0.3 is 16.0 Å². The van der Waals surface area contributed by atoms with Crippen LogP contribution in [0, 0.1) is 5.92 Å². The topological polar surface area (TPSA) is 150 Å². The van der Waals surface area contributed by atoms with Gasteiger partial charge >= 0.3 is 5.69 Å². The third kappa shape index (κ3) is 6.01. The minimum absolute atomic E-state index is 0.0187. The molecule has 12 heteroatoms. The van der Waals surface area contributed by atoms with Crippen molar-refractivity contribution in [1.82, 2.24) is 28.8 Å². The summed E-state index contributed by atoms with van der Waals surface area (Å²) < 4.78 is 4.05. The SMILES string of the molecule is CC(C)C(=O)N1CCC(c2cc(-c3ccc(NC(=O)c4cn(C(C)C)c(=O)n(-c5ccccn5)c4=O)cc3)c3c(N)nn(C)c3c2)CC1. The van der Waals surface area contributed by atoms with Crippen LogP contribution in [0.3, 0.4) is 0 Å². The van der Waals surface area contributed by atoms with Crippen molar-refractivity contribution in [3.63, 3.8) is 0 Å². The molecule has 4 heterocycles. The van der Waals surface area contributed by atoms with Crippen LogP contribution >= 0.6 is 0 Å².